The molecule has 0 bridgehead atoms. The molecule has 58 valence electrons. The van der Waals surface area contributed by atoms with Gasteiger partial charge in [-0.05, 0) is 0 Å². The number of hydrogen-bond acceptors (Lipinski definition) is 2. The molecule has 0 radical (unpaired) electrons. The Morgan fingerprint density at radius 1 is 1.22 bits per heavy atom. The molecule has 0 aliphatic heterocycles. The monoisotopic (exact) mass is 224 g/mol. The van der Waals surface area contributed by atoms with Crippen molar-refractivity contribution in [1.82, 2.24) is 0 Å². The number of hydrogen-bond donors (Lipinski definition) is 2. The second-order valence-corrected chi connectivity index (χ2v) is 1.34. The van der Waals surface area contributed by atoms with E-state index >= 15 is 0 Å². The second-order valence-electron chi connectivity index (χ2n) is 0.448. The molecule has 0 heterocycles. The molecular weight excluding hydrogens is 215 g/mol. The first kappa shape index (κ1) is 30.7. The zero-order chi connectivity index (χ0) is 4.50. The zero-order valence-electron chi connectivity index (χ0n) is 5.73. The molecule has 0 aliphatic rings. The molecule has 0 amide bonds. The average Bonchev–Trinajstić information content (AvgIpc) is 0.722. The van der Waals surface area contributed by atoms with Gasteiger partial charge in [-0.1, -0.05) is 0 Å². The minimum absolute atomic E-state index is 0. The summed E-state index contributed by atoms with van der Waals surface area (Å²) in [5.74, 6) is 0. The van der Waals surface area contributed by atoms with Crippen LogP contribution in [0.25, 0.3) is 0 Å². The minimum Gasteiger partial charge on any atom is -1.00 e. The van der Waals surface area contributed by atoms with E-state index in [-0.39, 0.29) is 75.8 Å². The van der Waals surface area contributed by atoms with Gasteiger partial charge in [0, 0.05) is 0 Å². The van der Waals surface area contributed by atoms with Crippen LogP contribution in [0.5, 0.6) is 0 Å². The fourth-order valence-corrected chi connectivity index (χ4v) is 0. The summed E-state index contributed by atoms with van der Waals surface area (Å²) in [7, 11) is -4.67. The summed E-state index contributed by atoms with van der Waals surface area (Å²) in [6.45, 7) is 0. The molecule has 4 N–H and O–H groups in total. The Labute approximate surface area is 103 Å². The molecule has 0 aromatic heterocycles. The molecule has 9 heavy (non-hydrogen) atoms. The van der Waals surface area contributed by atoms with Gasteiger partial charge in [-0.2, -0.15) is 8.42 Å². The molecule has 0 saturated carbocycles. The van der Waals surface area contributed by atoms with Gasteiger partial charge in [0.15, 0.2) is 17.4 Å². The van der Waals surface area contributed by atoms with Gasteiger partial charge in [-0.3, -0.25) is 9.11 Å². The van der Waals surface area contributed by atoms with Gasteiger partial charge >= 0.3 is 48.1 Å². The van der Waals surface area contributed by atoms with Gasteiger partial charge < -0.3 is 8.33 Å². The third-order valence-electron chi connectivity index (χ3n) is 0. The smallest absolute Gasteiger partial charge is 1.00 e. The van der Waals surface area contributed by atoms with Gasteiger partial charge in [0.25, 0.3) is 0 Å². The van der Waals surface area contributed by atoms with Crippen LogP contribution in [-0.2, 0) is 10.4 Å². The van der Waals surface area contributed by atoms with Crippen molar-refractivity contribution < 1.29 is 25.9 Å². The van der Waals surface area contributed by atoms with Crippen molar-refractivity contribution in [2.75, 3.05) is 0 Å². The SMILES string of the molecule is Cl.O.O=S(=O)(O)O.[AlH3].[Ca+2].[H-].[H-]. The number of rotatable bonds is 0. The van der Waals surface area contributed by atoms with Crippen LogP contribution in [0.3, 0.4) is 0 Å². The van der Waals surface area contributed by atoms with Crippen molar-refractivity contribution in [3.8, 4) is 0 Å². The van der Waals surface area contributed by atoms with Crippen molar-refractivity contribution in [2.45, 2.75) is 0 Å². The molecule has 0 rings (SSSR count). The average molecular weight is 225 g/mol. The van der Waals surface area contributed by atoms with E-state index in [2.05, 4.69) is 0 Å². The molecule has 0 aliphatic carbocycles. The molecule has 0 aromatic rings. The van der Waals surface area contributed by atoms with Crippen LogP contribution in [0.1, 0.15) is 2.85 Å². The first-order chi connectivity index (χ1) is 2.00. The molecule has 0 fully saturated rings. The van der Waals surface area contributed by atoms with Crippen molar-refractivity contribution in [3.05, 3.63) is 0 Å². The van der Waals surface area contributed by atoms with Crippen LogP contribution in [-0.4, -0.2) is 78.1 Å². The predicted octanol–water partition coefficient (Wildman–Crippen LogP) is -2.40. The second kappa shape index (κ2) is 12.6. The molecule has 9 heteroatoms. The van der Waals surface area contributed by atoms with Crippen LogP contribution in [0.4, 0.5) is 0 Å². The zero-order valence-corrected chi connectivity index (χ0v) is 7.58. The Morgan fingerprint density at radius 3 is 1.22 bits per heavy atom. The first-order valence-electron chi connectivity index (χ1n) is 0.698. The Balaban J connectivity index is -0.00000000533. The van der Waals surface area contributed by atoms with Crippen LogP contribution < -0.4 is 0 Å². The maximum absolute atomic E-state index is 8.74. The van der Waals surface area contributed by atoms with Gasteiger partial charge in [-0.15, -0.1) is 12.4 Å². The predicted molar refractivity (Wildman–Crippen MR) is 43.0 cm³/mol. The third-order valence-corrected chi connectivity index (χ3v) is 0. The van der Waals surface area contributed by atoms with Crippen LogP contribution in [0.15, 0.2) is 0 Å². The topological polar surface area (TPSA) is 106 Å². The van der Waals surface area contributed by atoms with Crippen molar-refractivity contribution in [2.24, 2.45) is 0 Å². The molecule has 0 spiro atoms. The van der Waals surface area contributed by atoms with Crippen LogP contribution >= 0.6 is 12.4 Å². The van der Waals surface area contributed by atoms with Gasteiger partial charge in [0.2, 0.25) is 0 Å². The molecule has 0 saturated heterocycles. The van der Waals surface area contributed by atoms with Crippen molar-refractivity contribution in [1.29, 1.82) is 0 Å². The molecule has 0 atom stereocenters. The maximum Gasteiger partial charge on any atom is 2.00 e. The normalized spacial score (nSPS) is 6.44. The third kappa shape index (κ3) is 170. The summed E-state index contributed by atoms with van der Waals surface area (Å²) in [6, 6.07) is 0. The number of halogens is 1. The summed E-state index contributed by atoms with van der Waals surface area (Å²) in [6.07, 6.45) is 0. The fourth-order valence-electron chi connectivity index (χ4n) is 0. The van der Waals surface area contributed by atoms with Crippen LogP contribution in [0, 0.1) is 0 Å². The Kier molecular flexibility index (Phi) is 42.9. The van der Waals surface area contributed by atoms with Gasteiger partial charge in [0.05, 0.1) is 0 Å². The molecule has 0 aromatic carbocycles. The first-order valence-corrected chi connectivity index (χ1v) is 2.10. The quantitative estimate of drug-likeness (QED) is 0.354. The fraction of sp³-hybridized carbons (Fsp3) is 0. The Bertz CT molecular complexity index is 108. The molecular formula is H10AlCaClO5S. The summed E-state index contributed by atoms with van der Waals surface area (Å²) in [4.78, 5) is 0. The van der Waals surface area contributed by atoms with E-state index in [0.29, 0.717) is 0 Å². The standard InChI is InChI=1S/Al.Ca.ClH.H2O4S.H2O.5H/c;;;1-5(2,3)4;;;;;;/h;;1H;(H2,1,2,3,4);1H2;;;;;/q;+2;;;;;;;2*-1. The molecule has 0 unspecified atom stereocenters. The van der Waals surface area contributed by atoms with E-state index in [1.807, 2.05) is 0 Å². The van der Waals surface area contributed by atoms with E-state index in [9.17, 15) is 0 Å². The molecule has 5 nitrogen and oxygen atoms in total. The minimum atomic E-state index is -4.67. The van der Waals surface area contributed by atoms with E-state index in [1.165, 1.54) is 0 Å². The summed E-state index contributed by atoms with van der Waals surface area (Å²) in [5, 5.41) is 0. The summed E-state index contributed by atoms with van der Waals surface area (Å²) < 4.78 is 31.6. The Hall–Kier alpha value is 1.91. The summed E-state index contributed by atoms with van der Waals surface area (Å²) >= 11 is 0. The van der Waals surface area contributed by atoms with E-state index < -0.39 is 10.4 Å². The van der Waals surface area contributed by atoms with E-state index in [4.69, 9.17) is 17.5 Å². The van der Waals surface area contributed by atoms with Crippen molar-refractivity contribution >= 4 is 77.9 Å². The maximum atomic E-state index is 8.74. The summed E-state index contributed by atoms with van der Waals surface area (Å²) in [5.41, 5.74) is 0. The Morgan fingerprint density at radius 2 is 1.22 bits per heavy atom. The van der Waals surface area contributed by atoms with E-state index in [1.54, 1.807) is 0 Å². The van der Waals surface area contributed by atoms with Gasteiger partial charge in [-0.25, -0.2) is 0 Å². The van der Waals surface area contributed by atoms with Crippen molar-refractivity contribution in [3.63, 3.8) is 0 Å². The van der Waals surface area contributed by atoms with Gasteiger partial charge in [0.1, 0.15) is 0 Å². The largest absolute Gasteiger partial charge is 2.00 e. The van der Waals surface area contributed by atoms with E-state index in [0.717, 1.165) is 0 Å². The van der Waals surface area contributed by atoms with Crippen LogP contribution in [0.2, 0.25) is 0 Å².